The summed E-state index contributed by atoms with van der Waals surface area (Å²) in [5, 5.41) is 4.06. The standard InChI is InChI=1S/C17H22N4O3/c1-12-7-6-8-13(18-12)17(22)21-10-5-3-4-9-14(21)16-19-15(11-23-2)24-20-16/h6-8,14H,3-5,9-11H2,1-2H3/t14-/m1/s1. The summed E-state index contributed by atoms with van der Waals surface area (Å²) < 4.78 is 10.2. The van der Waals surface area contributed by atoms with Gasteiger partial charge in [-0.1, -0.05) is 24.1 Å². The fourth-order valence-corrected chi connectivity index (χ4v) is 3.01. The highest BCUT2D eigenvalue weighted by molar-refractivity contribution is 5.92. The molecule has 7 nitrogen and oxygen atoms in total. The van der Waals surface area contributed by atoms with Crippen molar-refractivity contribution < 1.29 is 14.1 Å². The molecule has 0 aromatic carbocycles. The number of rotatable bonds is 4. The highest BCUT2D eigenvalue weighted by Gasteiger charge is 2.31. The zero-order valence-corrected chi connectivity index (χ0v) is 14.1. The number of carbonyl (C=O) groups is 1. The summed E-state index contributed by atoms with van der Waals surface area (Å²) in [5.41, 5.74) is 1.29. The lowest BCUT2D eigenvalue weighted by Crippen LogP contribution is -2.36. The first-order valence-corrected chi connectivity index (χ1v) is 8.25. The maximum atomic E-state index is 13.0. The van der Waals surface area contributed by atoms with E-state index in [1.54, 1.807) is 13.2 Å². The van der Waals surface area contributed by atoms with Gasteiger partial charge >= 0.3 is 0 Å². The summed E-state index contributed by atoms with van der Waals surface area (Å²) in [4.78, 5) is 23.6. The van der Waals surface area contributed by atoms with Crippen molar-refractivity contribution in [3.63, 3.8) is 0 Å². The van der Waals surface area contributed by atoms with Crippen molar-refractivity contribution in [1.82, 2.24) is 20.0 Å². The van der Waals surface area contributed by atoms with Crippen LogP contribution >= 0.6 is 0 Å². The van der Waals surface area contributed by atoms with Crippen molar-refractivity contribution in [3.8, 4) is 0 Å². The fraction of sp³-hybridized carbons (Fsp3) is 0.529. The van der Waals surface area contributed by atoms with E-state index in [1.165, 1.54) is 0 Å². The van der Waals surface area contributed by atoms with Crippen LogP contribution < -0.4 is 0 Å². The molecule has 0 aliphatic carbocycles. The van der Waals surface area contributed by atoms with Crippen molar-refractivity contribution in [2.24, 2.45) is 0 Å². The number of nitrogens with zero attached hydrogens (tertiary/aromatic N) is 4. The molecule has 1 amide bonds. The van der Waals surface area contributed by atoms with Crippen molar-refractivity contribution in [3.05, 3.63) is 41.3 Å². The zero-order chi connectivity index (χ0) is 16.9. The Kier molecular flexibility index (Phi) is 5.20. The van der Waals surface area contributed by atoms with E-state index < -0.39 is 0 Å². The monoisotopic (exact) mass is 330 g/mol. The molecule has 0 saturated carbocycles. The first-order valence-electron chi connectivity index (χ1n) is 8.25. The quantitative estimate of drug-likeness (QED) is 0.857. The van der Waals surface area contributed by atoms with Crippen molar-refractivity contribution in [2.75, 3.05) is 13.7 Å². The highest BCUT2D eigenvalue weighted by Crippen LogP contribution is 2.29. The SMILES string of the molecule is COCc1nc([C@H]2CCCCCN2C(=O)c2cccc(C)n2)no1. The molecule has 1 aliphatic rings. The van der Waals surface area contributed by atoms with E-state index in [1.807, 2.05) is 24.0 Å². The van der Waals surface area contributed by atoms with Crippen LogP contribution in [0.15, 0.2) is 22.7 Å². The van der Waals surface area contributed by atoms with E-state index >= 15 is 0 Å². The van der Waals surface area contributed by atoms with Crippen LogP contribution in [0.5, 0.6) is 0 Å². The summed E-state index contributed by atoms with van der Waals surface area (Å²) in [7, 11) is 1.58. The molecule has 7 heteroatoms. The van der Waals surface area contributed by atoms with Gasteiger partial charge in [-0.15, -0.1) is 0 Å². The molecule has 0 unspecified atom stereocenters. The third-order valence-electron chi connectivity index (χ3n) is 4.17. The minimum atomic E-state index is -0.184. The molecule has 1 fully saturated rings. The Bertz CT molecular complexity index is 701. The Morgan fingerprint density at radius 2 is 2.21 bits per heavy atom. The van der Waals surface area contributed by atoms with Crippen LogP contribution in [0.2, 0.25) is 0 Å². The maximum absolute atomic E-state index is 13.0. The van der Waals surface area contributed by atoms with Gasteiger partial charge in [-0.05, 0) is 31.9 Å². The molecule has 24 heavy (non-hydrogen) atoms. The topological polar surface area (TPSA) is 81.4 Å². The lowest BCUT2D eigenvalue weighted by Gasteiger charge is -2.27. The summed E-state index contributed by atoms with van der Waals surface area (Å²) in [6.07, 6.45) is 3.91. The Balaban J connectivity index is 1.88. The second-order valence-electron chi connectivity index (χ2n) is 6.01. The summed E-state index contributed by atoms with van der Waals surface area (Å²) >= 11 is 0. The van der Waals surface area contributed by atoms with Crippen LogP contribution in [-0.2, 0) is 11.3 Å². The fourth-order valence-electron chi connectivity index (χ4n) is 3.01. The average molecular weight is 330 g/mol. The van der Waals surface area contributed by atoms with E-state index in [4.69, 9.17) is 9.26 Å². The van der Waals surface area contributed by atoms with Crippen LogP contribution in [0.25, 0.3) is 0 Å². The van der Waals surface area contributed by atoms with Gasteiger partial charge in [-0.25, -0.2) is 4.98 Å². The van der Waals surface area contributed by atoms with Gasteiger partial charge in [0.25, 0.3) is 11.8 Å². The molecule has 1 atom stereocenters. The van der Waals surface area contributed by atoms with Crippen molar-refractivity contribution in [1.29, 1.82) is 0 Å². The Morgan fingerprint density at radius 1 is 1.33 bits per heavy atom. The number of methoxy groups -OCH3 is 1. The van der Waals surface area contributed by atoms with E-state index in [0.29, 0.717) is 24.0 Å². The predicted molar refractivity (Wildman–Crippen MR) is 86.2 cm³/mol. The van der Waals surface area contributed by atoms with Gasteiger partial charge in [-0.2, -0.15) is 4.98 Å². The van der Waals surface area contributed by atoms with Crippen LogP contribution in [-0.4, -0.2) is 39.6 Å². The molecule has 3 rings (SSSR count). The van der Waals surface area contributed by atoms with Gasteiger partial charge < -0.3 is 14.2 Å². The minimum Gasteiger partial charge on any atom is -0.375 e. The van der Waals surface area contributed by atoms with Gasteiger partial charge in [-0.3, -0.25) is 4.79 Å². The van der Waals surface area contributed by atoms with Gasteiger partial charge in [0.05, 0.1) is 6.04 Å². The molecule has 2 aromatic heterocycles. The lowest BCUT2D eigenvalue weighted by molar-refractivity contribution is 0.0664. The van der Waals surface area contributed by atoms with Gasteiger partial charge in [0.1, 0.15) is 12.3 Å². The Hall–Kier alpha value is -2.28. The third kappa shape index (κ3) is 3.62. The highest BCUT2D eigenvalue weighted by atomic mass is 16.5. The van der Waals surface area contributed by atoms with E-state index in [-0.39, 0.29) is 18.6 Å². The van der Waals surface area contributed by atoms with Gasteiger partial charge in [0.15, 0.2) is 5.82 Å². The zero-order valence-electron chi connectivity index (χ0n) is 14.1. The second-order valence-corrected chi connectivity index (χ2v) is 6.01. The molecule has 0 bridgehead atoms. The number of hydrogen-bond donors (Lipinski definition) is 0. The molecule has 1 aliphatic heterocycles. The van der Waals surface area contributed by atoms with E-state index in [9.17, 15) is 4.79 Å². The number of aryl methyl sites for hydroxylation is 1. The van der Waals surface area contributed by atoms with Gasteiger partial charge in [0.2, 0.25) is 0 Å². The van der Waals surface area contributed by atoms with E-state index in [0.717, 1.165) is 31.4 Å². The van der Waals surface area contributed by atoms with Crippen LogP contribution in [0.3, 0.4) is 0 Å². The molecule has 2 aromatic rings. The normalized spacial score (nSPS) is 18.4. The third-order valence-corrected chi connectivity index (χ3v) is 4.17. The minimum absolute atomic E-state index is 0.0799. The first-order chi connectivity index (χ1) is 11.7. The molecule has 128 valence electrons. The Labute approximate surface area is 141 Å². The van der Waals surface area contributed by atoms with Crippen LogP contribution in [0, 0.1) is 6.92 Å². The summed E-state index contributed by atoms with van der Waals surface area (Å²) in [6.45, 7) is 2.83. The second kappa shape index (κ2) is 7.53. The summed E-state index contributed by atoms with van der Waals surface area (Å²) in [5.74, 6) is 0.895. The number of amides is 1. The molecular weight excluding hydrogens is 308 g/mol. The predicted octanol–water partition coefficient (Wildman–Crippen LogP) is 2.68. The number of ether oxygens (including phenoxy) is 1. The number of aromatic nitrogens is 3. The number of hydrogen-bond acceptors (Lipinski definition) is 6. The van der Waals surface area contributed by atoms with Crippen molar-refractivity contribution in [2.45, 2.75) is 45.3 Å². The first kappa shape index (κ1) is 16.6. The van der Waals surface area contributed by atoms with Crippen LogP contribution in [0.1, 0.15) is 59.6 Å². The molecule has 3 heterocycles. The molecule has 0 radical (unpaired) electrons. The van der Waals surface area contributed by atoms with Gasteiger partial charge in [0, 0.05) is 19.3 Å². The van der Waals surface area contributed by atoms with E-state index in [2.05, 4.69) is 15.1 Å². The molecule has 0 spiro atoms. The molecular formula is C17H22N4O3. The largest absolute Gasteiger partial charge is 0.375 e. The maximum Gasteiger partial charge on any atom is 0.273 e. The summed E-state index contributed by atoms with van der Waals surface area (Å²) in [6, 6.07) is 5.31. The molecule has 0 N–H and O–H groups in total. The Morgan fingerprint density at radius 3 is 3.00 bits per heavy atom. The number of likely N-dealkylation sites (tertiary alicyclic amines) is 1. The number of carbonyl (C=O) groups excluding carboxylic acids is 1. The number of pyridine rings is 1. The van der Waals surface area contributed by atoms with Crippen LogP contribution in [0.4, 0.5) is 0 Å². The lowest BCUT2D eigenvalue weighted by atomic mass is 10.1. The smallest absolute Gasteiger partial charge is 0.273 e. The van der Waals surface area contributed by atoms with Crippen molar-refractivity contribution >= 4 is 5.91 Å². The average Bonchev–Trinajstić information content (AvgIpc) is 2.90. The molecule has 1 saturated heterocycles.